The number of methoxy groups -OCH3 is 1. The monoisotopic (exact) mass is 358 g/mol. The molecule has 0 saturated heterocycles. The molecule has 0 unspecified atom stereocenters. The number of hydrogen-bond donors (Lipinski definition) is 2. The number of alkyl halides is 1. The Morgan fingerprint density at radius 3 is 2.72 bits per heavy atom. The number of carbonyl (C=O) groups is 2. The van der Waals surface area contributed by atoms with Gasteiger partial charge in [-0.15, -0.1) is 11.6 Å². The zero-order valence-electron chi connectivity index (χ0n) is 13.3. The quantitative estimate of drug-likeness (QED) is 0.682. The molecule has 0 bridgehead atoms. The zero-order valence-corrected chi connectivity index (χ0v) is 14.1. The average molecular weight is 359 g/mol. The van der Waals surface area contributed by atoms with Crippen LogP contribution in [-0.2, 0) is 5.88 Å². The molecule has 3 aromatic rings. The maximum absolute atomic E-state index is 12.5. The SMILES string of the molecule is COc1ccc2c(NC(=O)c3cccc(CCl)c3)c(C(N)=O)oc2c1. The summed E-state index contributed by atoms with van der Waals surface area (Å²) in [4.78, 5) is 24.2. The van der Waals surface area contributed by atoms with Crippen molar-refractivity contribution in [1.82, 2.24) is 0 Å². The first-order chi connectivity index (χ1) is 12.0. The highest BCUT2D eigenvalue weighted by Gasteiger charge is 2.21. The third-order valence-electron chi connectivity index (χ3n) is 3.70. The van der Waals surface area contributed by atoms with E-state index in [1.165, 1.54) is 7.11 Å². The van der Waals surface area contributed by atoms with Crippen LogP contribution >= 0.6 is 11.6 Å². The molecule has 2 amide bonds. The Balaban J connectivity index is 2.03. The fourth-order valence-corrected chi connectivity index (χ4v) is 2.65. The van der Waals surface area contributed by atoms with Gasteiger partial charge in [-0.2, -0.15) is 0 Å². The number of anilines is 1. The van der Waals surface area contributed by atoms with E-state index in [-0.39, 0.29) is 11.4 Å². The van der Waals surface area contributed by atoms with E-state index in [2.05, 4.69) is 5.32 Å². The van der Waals surface area contributed by atoms with Gasteiger partial charge < -0.3 is 20.2 Å². The minimum Gasteiger partial charge on any atom is -0.497 e. The second kappa shape index (κ2) is 6.86. The van der Waals surface area contributed by atoms with Crippen molar-refractivity contribution in [2.24, 2.45) is 5.73 Å². The van der Waals surface area contributed by atoms with Crippen LogP contribution in [0, 0.1) is 0 Å². The summed E-state index contributed by atoms with van der Waals surface area (Å²) in [6.45, 7) is 0. The fourth-order valence-electron chi connectivity index (χ4n) is 2.48. The first-order valence-electron chi connectivity index (χ1n) is 7.40. The van der Waals surface area contributed by atoms with Gasteiger partial charge in [0.05, 0.1) is 7.11 Å². The number of rotatable bonds is 5. The molecule has 1 aromatic heterocycles. The Morgan fingerprint density at radius 2 is 2.04 bits per heavy atom. The summed E-state index contributed by atoms with van der Waals surface area (Å²) < 4.78 is 10.6. The highest BCUT2D eigenvalue weighted by Crippen LogP contribution is 2.33. The zero-order chi connectivity index (χ0) is 18.0. The van der Waals surface area contributed by atoms with Gasteiger partial charge in [0.1, 0.15) is 17.0 Å². The van der Waals surface area contributed by atoms with Gasteiger partial charge in [0.2, 0.25) is 5.76 Å². The summed E-state index contributed by atoms with van der Waals surface area (Å²) in [6.07, 6.45) is 0. The smallest absolute Gasteiger partial charge is 0.286 e. The first-order valence-corrected chi connectivity index (χ1v) is 7.93. The summed E-state index contributed by atoms with van der Waals surface area (Å²) in [6, 6.07) is 11.9. The van der Waals surface area contributed by atoms with Crippen molar-refractivity contribution >= 4 is 40.1 Å². The third kappa shape index (κ3) is 3.29. The minimum absolute atomic E-state index is 0.120. The number of halogens is 1. The van der Waals surface area contributed by atoms with E-state index in [1.807, 2.05) is 6.07 Å². The van der Waals surface area contributed by atoms with Gasteiger partial charge in [-0.25, -0.2) is 0 Å². The van der Waals surface area contributed by atoms with Crippen LogP contribution < -0.4 is 15.8 Å². The van der Waals surface area contributed by atoms with E-state index in [4.69, 9.17) is 26.5 Å². The van der Waals surface area contributed by atoms with Crippen molar-refractivity contribution in [2.45, 2.75) is 5.88 Å². The highest BCUT2D eigenvalue weighted by atomic mass is 35.5. The molecule has 0 aliphatic rings. The molecule has 0 saturated carbocycles. The molecule has 25 heavy (non-hydrogen) atoms. The van der Waals surface area contributed by atoms with Crippen molar-refractivity contribution < 1.29 is 18.7 Å². The van der Waals surface area contributed by atoms with Crippen molar-refractivity contribution in [3.05, 3.63) is 59.4 Å². The van der Waals surface area contributed by atoms with Crippen LogP contribution in [0.1, 0.15) is 26.5 Å². The second-order valence-corrected chi connectivity index (χ2v) is 5.59. The van der Waals surface area contributed by atoms with E-state index in [0.29, 0.717) is 28.2 Å². The van der Waals surface area contributed by atoms with Crippen molar-refractivity contribution in [1.29, 1.82) is 0 Å². The molecule has 0 aliphatic heterocycles. The van der Waals surface area contributed by atoms with Gasteiger partial charge in [0.25, 0.3) is 11.8 Å². The van der Waals surface area contributed by atoms with E-state index in [9.17, 15) is 9.59 Å². The van der Waals surface area contributed by atoms with Crippen LogP contribution in [0.15, 0.2) is 46.9 Å². The minimum atomic E-state index is -0.778. The highest BCUT2D eigenvalue weighted by molar-refractivity contribution is 6.17. The van der Waals surface area contributed by atoms with Gasteiger partial charge in [-0.1, -0.05) is 12.1 Å². The first kappa shape index (κ1) is 16.9. The lowest BCUT2D eigenvalue weighted by molar-refractivity contribution is 0.0977. The number of carbonyl (C=O) groups excluding carboxylic acids is 2. The predicted molar refractivity (Wildman–Crippen MR) is 95.2 cm³/mol. The van der Waals surface area contributed by atoms with E-state index in [0.717, 1.165) is 5.56 Å². The Labute approximate surface area is 148 Å². The normalized spacial score (nSPS) is 10.6. The molecule has 0 radical (unpaired) electrons. The average Bonchev–Trinajstić information content (AvgIpc) is 2.99. The largest absolute Gasteiger partial charge is 0.497 e. The summed E-state index contributed by atoms with van der Waals surface area (Å²) in [7, 11) is 1.52. The molecule has 7 heteroatoms. The number of hydrogen-bond acceptors (Lipinski definition) is 4. The standard InChI is InChI=1S/C18H15ClN2O4/c1-24-12-5-6-13-14(8-12)25-16(17(20)22)15(13)21-18(23)11-4-2-3-10(7-11)9-19/h2-8H,9H2,1H3,(H2,20,22)(H,21,23). The molecule has 0 spiro atoms. The van der Waals surface area contributed by atoms with Gasteiger partial charge in [-0.05, 0) is 29.8 Å². The number of fused-ring (bicyclic) bond motifs is 1. The van der Waals surface area contributed by atoms with Crippen molar-refractivity contribution in [2.75, 3.05) is 12.4 Å². The Kier molecular flexibility index (Phi) is 4.63. The lowest BCUT2D eigenvalue weighted by Crippen LogP contribution is -2.17. The molecule has 0 atom stereocenters. The molecule has 0 fully saturated rings. The van der Waals surface area contributed by atoms with Crippen LogP contribution in [-0.4, -0.2) is 18.9 Å². The fraction of sp³-hybridized carbons (Fsp3) is 0.111. The topological polar surface area (TPSA) is 94.6 Å². The molecule has 0 aliphatic carbocycles. The predicted octanol–water partition coefficient (Wildman–Crippen LogP) is 3.53. The lowest BCUT2D eigenvalue weighted by atomic mass is 10.1. The number of primary amides is 1. The molecule has 2 aromatic carbocycles. The van der Waals surface area contributed by atoms with Gasteiger partial charge >= 0.3 is 0 Å². The van der Waals surface area contributed by atoms with Crippen LogP contribution in [0.3, 0.4) is 0 Å². The number of benzene rings is 2. The number of nitrogens with one attached hydrogen (secondary N) is 1. The summed E-state index contributed by atoms with van der Waals surface area (Å²) >= 11 is 5.80. The van der Waals surface area contributed by atoms with Gasteiger partial charge in [0, 0.05) is 22.9 Å². The Hall–Kier alpha value is -2.99. The lowest BCUT2D eigenvalue weighted by Gasteiger charge is -2.06. The van der Waals surface area contributed by atoms with Gasteiger partial charge in [0.15, 0.2) is 0 Å². The number of furan rings is 1. The van der Waals surface area contributed by atoms with E-state index < -0.39 is 11.8 Å². The molecule has 128 valence electrons. The van der Waals surface area contributed by atoms with E-state index >= 15 is 0 Å². The molecule has 1 heterocycles. The summed E-state index contributed by atoms with van der Waals surface area (Å²) in [5, 5.41) is 3.25. The molecule has 6 nitrogen and oxygen atoms in total. The van der Waals surface area contributed by atoms with Crippen LogP contribution in [0.2, 0.25) is 0 Å². The number of ether oxygens (including phenoxy) is 1. The van der Waals surface area contributed by atoms with Crippen LogP contribution in [0.4, 0.5) is 5.69 Å². The summed E-state index contributed by atoms with van der Waals surface area (Å²) in [5.74, 6) is -0.440. The van der Waals surface area contributed by atoms with Crippen molar-refractivity contribution in [3.63, 3.8) is 0 Å². The van der Waals surface area contributed by atoms with Crippen LogP contribution in [0.25, 0.3) is 11.0 Å². The Bertz CT molecular complexity index is 965. The number of amides is 2. The number of nitrogens with two attached hydrogens (primary N) is 1. The summed E-state index contributed by atoms with van der Waals surface area (Å²) in [5.41, 5.74) is 7.22. The molecular formula is C18H15ClN2O4. The molecular weight excluding hydrogens is 344 g/mol. The third-order valence-corrected chi connectivity index (χ3v) is 4.01. The van der Waals surface area contributed by atoms with Gasteiger partial charge in [-0.3, -0.25) is 9.59 Å². The maximum Gasteiger partial charge on any atom is 0.286 e. The maximum atomic E-state index is 12.5. The molecule has 3 rings (SSSR count). The van der Waals surface area contributed by atoms with Crippen molar-refractivity contribution in [3.8, 4) is 5.75 Å². The second-order valence-electron chi connectivity index (χ2n) is 5.32. The Morgan fingerprint density at radius 1 is 1.24 bits per heavy atom. The molecule has 3 N–H and O–H groups in total. The van der Waals surface area contributed by atoms with Crippen LogP contribution in [0.5, 0.6) is 5.75 Å². The van der Waals surface area contributed by atoms with E-state index in [1.54, 1.807) is 36.4 Å².